The molecule has 206 valence electrons. The van der Waals surface area contributed by atoms with Crippen LogP contribution in [0.3, 0.4) is 0 Å². The topological polar surface area (TPSA) is 136 Å². The first-order chi connectivity index (χ1) is 19.6. The van der Waals surface area contributed by atoms with Crippen LogP contribution in [0, 0.1) is 5.82 Å². The van der Waals surface area contributed by atoms with Crippen LogP contribution >= 0.6 is 11.6 Å². The van der Waals surface area contributed by atoms with Crippen LogP contribution in [-0.2, 0) is 28.0 Å². The maximum absolute atomic E-state index is 13.8. The molecule has 0 bridgehead atoms. The fraction of sp³-hybridized carbons (Fsp3) is 0.167. The molecule has 4 N–H and O–H groups in total. The second-order valence-electron chi connectivity index (χ2n) is 10.1. The molecular weight excluding hydrogens is 547 g/mol. The molecule has 1 aliphatic rings. The van der Waals surface area contributed by atoms with Gasteiger partial charge in [0.25, 0.3) is 0 Å². The lowest BCUT2D eigenvalue weighted by Gasteiger charge is -2.23. The Morgan fingerprint density at radius 2 is 1.88 bits per heavy atom. The minimum absolute atomic E-state index is 0.0163. The molecule has 0 fully saturated rings. The number of fused-ring (bicyclic) bond motifs is 2. The van der Waals surface area contributed by atoms with Crippen molar-refractivity contribution < 1.29 is 19.1 Å². The van der Waals surface area contributed by atoms with Crippen LogP contribution in [0.5, 0.6) is 0 Å². The number of halogens is 2. The van der Waals surface area contributed by atoms with Gasteiger partial charge in [0.1, 0.15) is 28.6 Å². The number of aliphatic carboxylic acids is 1. The van der Waals surface area contributed by atoms with Crippen LogP contribution in [-0.4, -0.2) is 36.7 Å². The van der Waals surface area contributed by atoms with Gasteiger partial charge in [-0.05, 0) is 60.4 Å². The highest BCUT2D eigenvalue weighted by Crippen LogP contribution is 2.45. The lowest BCUT2D eigenvalue weighted by Crippen LogP contribution is -2.33. The van der Waals surface area contributed by atoms with E-state index in [9.17, 15) is 14.0 Å². The summed E-state index contributed by atoms with van der Waals surface area (Å²) in [6, 6.07) is 18.8. The number of rotatable bonds is 7. The summed E-state index contributed by atoms with van der Waals surface area (Å²) in [5.74, 6) is -0.891. The van der Waals surface area contributed by atoms with Crippen molar-refractivity contribution in [2.75, 3.05) is 11.1 Å². The highest BCUT2D eigenvalue weighted by atomic mass is 35.5. The number of nitrogen functional groups attached to an aromatic ring is 1. The van der Waals surface area contributed by atoms with Crippen molar-refractivity contribution in [2.45, 2.75) is 31.7 Å². The molecule has 3 heterocycles. The number of carbonyl (C=O) groups excluding carboxylic acids is 1. The zero-order valence-electron chi connectivity index (χ0n) is 21.9. The molecule has 3 aromatic carbocycles. The molecule has 0 aliphatic carbocycles. The number of benzene rings is 3. The number of nitrogens with two attached hydrogens (primary N) is 1. The van der Waals surface area contributed by atoms with E-state index in [1.54, 1.807) is 48.0 Å². The number of carbonyl (C=O) groups is 2. The van der Waals surface area contributed by atoms with E-state index in [0.29, 0.717) is 44.7 Å². The van der Waals surface area contributed by atoms with Gasteiger partial charge in [-0.25, -0.2) is 14.4 Å². The average molecular weight is 571 g/mol. The number of aromatic nitrogens is 4. The summed E-state index contributed by atoms with van der Waals surface area (Å²) in [6.07, 6.45) is 0.400. The van der Waals surface area contributed by atoms with Crippen molar-refractivity contribution >= 4 is 46.0 Å². The number of anilines is 2. The Hall–Kier alpha value is -4.83. The van der Waals surface area contributed by atoms with Crippen LogP contribution in [0.1, 0.15) is 35.6 Å². The third-order valence-corrected chi connectivity index (χ3v) is 7.66. The van der Waals surface area contributed by atoms with E-state index in [0.717, 1.165) is 5.56 Å². The van der Waals surface area contributed by atoms with E-state index in [2.05, 4.69) is 15.3 Å². The highest BCUT2D eigenvalue weighted by Gasteiger charge is 2.47. The van der Waals surface area contributed by atoms with Crippen molar-refractivity contribution in [3.8, 4) is 11.5 Å². The van der Waals surface area contributed by atoms with Gasteiger partial charge in [0.05, 0.1) is 17.6 Å². The summed E-state index contributed by atoms with van der Waals surface area (Å²) in [5, 5.41) is 17.8. The van der Waals surface area contributed by atoms with E-state index in [-0.39, 0.29) is 42.2 Å². The van der Waals surface area contributed by atoms with E-state index < -0.39 is 11.4 Å². The van der Waals surface area contributed by atoms with Crippen LogP contribution in [0.15, 0.2) is 66.7 Å². The number of amides is 1. The van der Waals surface area contributed by atoms with Gasteiger partial charge in [0.15, 0.2) is 5.82 Å². The van der Waals surface area contributed by atoms with Crippen molar-refractivity contribution in [3.63, 3.8) is 0 Å². The molecule has 9 nitrogen and oxygen atoms in total. The third-order valence-electron chi connectivity index (χ3n) is 7.43. The highest BCUT2D eigenvalue weighted by molar-refractivity contribution is 6.31. The number of aryl methyl sites for hydroxylation is 1. The SMILES string of the molecule is CC1(c2ccc(CCC(=O)O)cc2)C(=O)Nc2nc(-c3nn(Cc4cccc(F)c4)c4cc(Cl)ccc34)nc(N)c21. The molecule has 0 saturated carbocycles. The maximum atomic E-state index is 13.8. The minimum Gasteiger partial charge on any atom is -0.481 e. The van der Waals surface area contributed by atoms with Gasteiger partial charge < -0.3 is 16.2 Å². The molecule has 0 spiro atoms. The first-order valence-electron chi connectivity index (χ1n) is 12.8. The summed E-state index contributed by atoms with van der Waals surface area (Å²) >= 11 is 6.30. The smallest absolute Gasteiger partial charge is 0.303 e. The fourth-order valence-corrected chi connectivity index (χ4v) is 5.45. The van der Waals surface area contributed by atoms with Crippen LogP contribution < -0.4 is 11.1 Å². The Balaban J connectivity index is 1.41. The Morgan fingerprint density at radius 3 is 2.61 bits per heavy atom. The van der Waals surface area contributed by atoms with E-state index in [1.807, 2.05) is 18.2 Å². The van der Waals surface area contributed by atoms with Gasteiger partial charge in [-0.15, -0.1) is 0 Å². The molecular formula is C30H24ClFN6O3. The second-order valence-corrected chi connectivity index (χ2v) is 10.6. The Bertz CT molecular complexity index is 1860. The zero-order valence-corrected chi connectivity index (χ0v) is 22.6. The van der Waals surface area contributed by atoms with Crippen molar-refractivity contribution in [1.82, 2.24) is 19.7 Å². The molecule has 1 unspecified atom stereocenters. The van der Waals surface area contributed by atoms with Crippen LogP contribution in [0.2, 0.25) is 5.02 Å². The first kappa shape index (κ1) is 26.4. The van der Waals surface area contributed by atoms with E-state index in [4.69, 9.17) is 27.5 Å². The number of nitrogens with zero attached hydrogens (tertiary/aromatic N) is 4. The van der Waals surface area contributed by atoms with Crippen molar-refractivity contribution in [3.05, 3.63) is 99.8 Å². The van der Waals surface area contributed by atoms with Gasteiger partial charge >= 0.3 is 5.97 Å². The number of hydrogen-bond acceptors (Lipinski definition) is 6. The van der Waals surface area contributed by atoms with Crippen LogP contribution in [0.25, 0.3) is 22.4 Å². The maximum Gasteiger partial charge on any atom is 0.303 e. The predicted molar refractivity (Wildman–Crippen MR) is 153 cm³/mol. The fourth-order valence-electron chi connectivity index (χ4n) is 5.29. The first-order valence-corrected chi connectivity index (χ1v) is 13.2. The van der Waals surface area contributed by atoms with Crippen LogP contribution in [0.4, 0.5) is 16.0 Å². The van der Waals surface area contributed by atoms with Crippen molar-refractivity contribution in [1.29, 1.82) is 0 Å². The van der Waals surface area contributed by atoms with E-state index in [1.165, 1.54) is 12.1 Å². The number of carboxylic acid groups (broad SMARTS) is 1. The largest absolute Gasteiger partial charge is 0.481 e. The third kappa shape index (κ3) is 4.66. The van der Waals surface area contributed by atoms with Gasteiger partial charge in [-0.1, -0.05) is 48.0 Å². The molecule has 2 aromatic heterocycles. The van der Waals surface area contributed by atoms with Gasteiger partial charge in [0.2, 0.25) is 5.91 Å². The Kier molecular flexibility index (Phi) is 6.42. The molecule has 0 radical (unpaired) electrons. The summed E-state index contributed by atoms with van der Waals surface area (Å²) in [5.41, 5.74) is 9.18. The monoisotopic (exact) mass is 570 g/mol. The van der Waals surface area contributed by atoms with E-state index >= 15 is 0 Å². The summed E-state index contributed by atoms with van der Waals surface area (Å²) in [6.45, 7) is 2.04. The van der Waals surface area contributed by atoms with Gasteiger partial charge in [0, 0.05) is 16.8 Å². The summed E-state index contributed by atoms with van der Waals surface area (Å²) in [4.78, 5) is 33.5. The molecule has 1 atom stereocenters. The molecule has 5 aromatic rings. The lowest BCUT2D eigenvalue weighted by atomic mass is 9.77. The van der Waals surface area contributed by atoms with Crippen molar-refractivity contribution in [2.24, 2.45) is 0 Å². The molecule has 6 rings (SSSR count). The van der Waals surface area contributed by atoms with Gasteiger partial charge in [-0.2, -0.15) is 5.10 Å². The molecule has 1 amide bonds. The summed E-state index contributed by atoms with van der Waals surface area (Å²) < 4.78 is 15.6. The quantitative estimate of drug-likeness (QED) is 0.245. The Labute approximate surface area is 238 Å². The number of carboxylic acids is 1. The molecule has 0 saturated heterocycles. The molecule has 1 aliphatic heterocycles. The molecule has 11 heteroatoms. The number of hydrogen-bond donors (Lipinski definition) is 3. The number of nitrogens with one attached hydrogen (secondary N) is 1. The zero-order chi connectivity index (χ0) is 28.9. The average Bonchev–Trinajstić information content (AvgIpc) is 3.42. The van der Waals surface area contributed by atoms with Gasteiger partial charge in [-0.3, -0.25) is 14.3 Å². The normalized spacial score (nSPS) is 16.1. The Morgan fingerprint density at radius 1 is 1.10 bits per heavy atom. The molecule has 41 heavy (non-hydrogen) atoms. The summed E-state index contributed by atoms with van der Waals surface area (Å²) in [7, 11) is 0. The minimum atomic E-state index is -1.16. The second kappa shape index (κ2) is 9.97. The lowest BCUT2D eigenvalue weighted by molar-refractivity contribution is -0.137. The predicted octanol–water partition coefficient (Wildman–Crippen LogP) is 5.19. The standard InChI is InChI=1S/C30H24ClFN6O3/c1-30(18-8-5-16(6-9-18)7-12-23(39)40)24-26(33)34-28(35-27(24)36-29(30)41)25-21-11-10-19(31)14-22(21)38(37-25)15-17-3-2-4-20(32)13-17/h2-6,8-11,13-14H,7,12,15H2,1H3,(H,39,40)(H3,33,34,35,36,41).